The van der Waals surface area contributed by atoms with Gasteiger partial charge in [-0.2, -0.15) is 0 Å². The van der Waals surface area contributed by atoms with Crippen LogP contribution in [0, 0.1) is 0 Å². The number of allylic oxidation sites excluding steroid dienone is 1. The Morgan fingerprint density at radius 1 is 0.913 bits per heavy atom. The van der Waals surface area contributed by atoms with Crippen molar-refractivity contribution in [3.05, 3.63) is 71.3 Å². The number of fused-ring (bicyclic) bond motifs is 2. The predicted molar refractivity (Wildman–Crippen MR) is 85.4 cm³/mol. The van der Waals surface area contributed by atoms with E-state index in [4.69, 9.17) is 9.47 Å². The van der Waals surface area contributed by atoms with Crippen molar-refractivity contribution < 1.29 is 19.1 Å². The summed E-state index contributed by atoms with van der Waals surface area (Å²) in [5.74, 6) is 0.137. The van der Waals surface area contributed by atoms with E-state index in [-0.39, 0.29) is 5.97 Å². The van der Waals surface area contributed by atoms with Crippen molar-refractivity contribution in [2.75, 3.05) is 0 Å². The van der Waals surface area contributed by atoms with Crippen LogP contribution in [0.5, 0.6) is 0 Å². The van der Waals surface area contributed by atoms with Gasteiger partial charge in [0.05, 0.1) is 11.1 Å². The predicted octanol–water partition coefficient (Wildman–Crippen LogP) is 4.03. The minimum atomic E-state index is -0.405. The first-order valence-electron chi connectivity index (χ1n) is 7.18. The molecule has 23 heavy (non-hydrogen) atoms. The maximum Gasteiger partial charge on any atom is 0.344 e. The first-order valence-corrected chi connectivity index (χ1v) is 7.18. The highest BCUT2D eigenvalue weighted by Gasteiger charge is 2.30. The van der Waals surface area contributed by atoms with Crippen molar-refractivity contribution in [3.63, 3.8) is 0 Å². The molecule has 2 aromatic carbocycles. The molecule has 2 aromatic rings. The molecule has 0 bridgehead atoms. The molecule has 0 N–H and O–H groups in total. The molecule has 0 radical (unpaired) electrons. The topological polar surface area (TPSA) is 52.6 Å². The van der Waals surface area contributed by atoms with E-state index < -0.39 is 5.97 Å². The van der Waals surface area contributed by atoms with Gasteiger partial charge in [-0.1, -0.05) is 24.8 Å². The van der Waals surface area contributed by atoms with E-state index in [1.165, 1.54) is 0 Å². The van der Waals surface area contributed by atoms with Crippen molar-refractivity contribution in [3.8, 4) is 11.1 Å². The van der Waals surface area contributed by atoms with Gasteiger partial charge in [0.15, 0.2) is 0 Å². The first-order chi connectivity index (χ1) is 11.1. The number of cyclic esters (lactones) is 2. The standard InChI is InChI=1S/C19H12O4/c1-3-16-17-13(5-4-6-14(17)18(20)23-16)11-7-8-12-10(2)22-19(21)15(12)9-11/h3-9H,2H2,1H3/b16-3+. The van der Waals surface area contributed by atoms with Crippen LogP contribution < -0.4 is 0 Å². The lowest BCUT2D eigenvalue weighted by molar-refractivity contribution is 0.0706. The SMILES string of the molecule is C=C1OC(=O)c2cc(-c3cccc4c3/C(=C\C)OC4=O)ccc21. The number of carbonyl (C=O) groups is 2. The molecule has 0 aliphatic carbocycles. The Balaban J connectivity index is 1.95. The maximum atomic E-state index is 12.0. The number of esters is 2. The molecule has 0 fully saturated rings. The van der Waals surface area contributed by atoms with E-state index in [2.05, 4.69) is 6.58 Å². The molecule has 4 nitrogen and oxygen atoms in total. The van der Waals surface area contributed by atoms with Crippen LogP contribution in [0.2, 0.25) is 0 Å². The van der Waals surface area contributed by atoms with Gasteiger partial charge in [0.2, 0.25) is 0 Å². The quantitative estimate of drug-likeness (QED) is 0.746. The fraction of sp³-hybridized carbons (Fsp3) is 0.0526. The highest BCUT2D eigenvalue weighted by Crippen LogP contribution is 2.39. The maximum absolute atomic E-state index is 12.0. The van der Waals surface area contributed by atoms with Crippen molar-refractivity contribution in [2.24, 2.45) is 0 Å². The average molecular weight is 304 g/mol. The molecule has 4 rings (SSSR count). The summed E-state index contributed by atoms with van der Waals surface area (Å²) in [6.45, 7) is 5.54. The zero-order valence-corrected chi connectivity index (χ0v) is 12.4. The zero-order chi connectivity index (χ0) is 16.1. The third kappa shape index (κ3) is 1.85. The first kappa shape index (κ1) is 13.5. The molecule has 0 amide bonds. The number of hydrogen-bond donors (Lipinski definition) is 0. The molecule has 112 valence electrons. The highest BCUT2D eigenvalue weighted by atomic mass is 16.5. The molecule has 2 heterocycles. The van der Waals surface area contributed by atoms with Crippen LogP contribution in [-0.4, -0.2) is 11.9 Å². The van der Waals surface area contributed by atoms with Crippen LogP contribution in [0.3, 0.4) is 0 Å². The zero-order valence-electron chi connectivity index (χ0n) is 12.4. The second-order valence-corrected chi connectivity index (χ2v) is 5.34. The van der Waals surface area contributed by atoms with Gasteiger partial charge in [0.25, 0.3) is 0 Å². The lowest BCUT2D eigenvalue weighted by Gasteiger charge is -2.08. The van der Waals surface area contributed by atoms with E-state index in [9.17, 15) is 9.59 Å². The fourth-order valence-corrected chi connectivity index (χ4v) is 2.98. The summed E-state index contributed by atoms with van der Waals surface area (Å²) < 4.78 is 10.3. The summed E-state index contributed by atoms with van der Waals surface area (Å²) in [4.78, 5) is 23.8. The number of carbonyl (C=O) groups excluding carboxylic acids is 2. The molecule has 0 saturated heterocycles. The monoisotopic (exact) mass is 304 g/mol. The van der Waals surface area contributed by atoms with Gasteiger partial charge in [0, 0.05) is 11.1 Å². The largest absolute Gasteiger partial charge is 0.423 e. The normalized spacial score (nSPS) is 17.1. The third-order valence-corrected chi connectivity index (χ3v) is 4.06. The minimum Gasteiger partial charge on any atom is -0.423 e. The van der Waals surface area contributed by atoms with Crippen LogP contribution in [0.15, 0.2) is 49.1 Å². The van der Waals surface area contributed by atoms with Crippen LogP contribution >= 0.6 is 0 Å². The molecule has 2 aliphatic rings. The van der Waals surface area contributed by atoms with Crippen molar-refractivity contribution >= 4 is 23.5 Å². The molecule has 0 aromatic heterocycles. The Kier molecular flexibility index (Phi) is 2.75. The highest BCUT2D eigenvalue weighted by molar-refractivity contribution is 6.07. The second kappa shape index (κ2) is 4.68. The molecular weight excluding hydrogens is 292 g/mol. The van der Waals surface area contributed by atoms with Crippen LogP contribution in [0.4, 0.5) is 0 Å². The lowest BCUT2D eigenvalue weighted by atomic mass is 9.93. The molecule has 0 spiro atoms. The summed E-state index contributed by atoms with van der Waals surface area (Å²) in [5, 5.41) is 0. The Labute approximate surface area is 132 Å². The van der Waals surface area contributed by atoms with Crippen molar-refractivity contribution in [2.45, 2.75) is 6.92 Å². The number of hydrogen-bond acceptors (Lipinski definition) is 4. The number of ether oxygens (including phenoxy) is 2. The molecule has 0 saturated carbocycles. The van der Waals surface area contributed by atoms with E-state index >= 15 is 0 Å². The van der Waals surface area contributed by atoms with Gasteiger partial charge in [-0.15, -0.1) is 0 Å². The van der Waals surface area contributed by atoms with E-state index in [1.54, 1.807) is 24.3 Å². The van der Waals surface area contributed by atoms with Gasteiger partial charge < -0.3 is 9.47 Å². The Bertz CT molecular complexity index is 934. The van der Waals surface area contributed by atoms with E-state index in [1.807, 2.05) is 25.1 Å². The van der Waals surface area contributed by atoms with Crippen molar-refractivity contribution in [1.82, 2.24) is 0 Å². The number of rotatable bonds is 1. The Morgan fingerprint density at radius 3 is 2.43 bits per heavy atom. The van der Waals surface area contributed by atoms with Gasteiger partial charge in [0.1, 0.15) is 11.5 Å². The molecule has 0 atom stereocenters. The van der Waals surface area contributed by atoms with Gasteiger partial charge >= 0.3 is 11.9 Å². The molecule has 4 heteroatoms. The van der Waals surface area contributed by atoms with Gasteiger partial charge in [-0.25, -0.2) is 9.59 Å². The third-order valence-electron chi connectivity index (χ3n) is 4.06. The summed E-state index contributed by atoms with van der Waals surface area (Å²) in [6.07, 6.45) is 1.76. The van der Waals surface area contributed by atoms with Crippen LogP contribution in [0.1, 0.15) is 38.8 Å². The van der Waals surface area contributed by atoms with Crippen LogP contribution in [0.25, 0.3) is 22.6 Å². The summed E-state index contributed by atoms with van der Waals surface area (Å²) in [7, 11) is 0. The van der Waals surface area contributed by atoms with Crippen molar-refractivity contribution in [1.29, 1.82) is 0 Å². The van der Waals surface area contributed by atoms with E-state index in [0.717, 1.165) is 16.7 Å². The molecular formula is C19H12O4. The Morgan fingerprint density at radius 2 is 1.65 bits per heavy atom. The number of benzene rings is 2. The van der Waals surface area contributed by atoms with E-state index in [0.29, 0.717) is 28.2 Å². The summed E-state index contributed by atoms with van der Waals surface area (Å²) in [6, 6.07) is 10.9. The lowest BCUT2D eigenvalue weighted by Crippen LogP contribution is -1.96. The minimum absolute atomic E-state index is 0.358. The fourth-order valence-electron chi connectivity index (χ4n) is 2.98. The Hall–Kier alpha value is -3.14. The summed E-state index contributed by atoms with van der Waals surface area (Å²) in [5.41, 5.74) is 4.13. The van der Waals surface area contributed by atoms with Gasteiger partial charge in [-0.05, 0) is 42.3 Å². The average Bonchev–Trinajstić information content (AvgIpc) is 3.04. The summed E-state index contributed by atoms with van der Waals surface area (Å²) >= 11 is 0. The van der Waals surface area contributed by atoms with Crippen LogP contribution in [-0.2, 0) is 9.47 Å². The molecule has 2 aliphatic heterocycles. The molecule has 0 unspecified atom stereocenters. The smallest absolute Gasteiger partial charge is 0.344 e. The van der Waals surface area contributed by atoms with Gasteiger partial charge in [-0.3, -0.25) is 0 Å². The second-order valence-electron chi connectivity index (χ2n) is 5.34.